The molecule has 158 valence electrons. The Bertz CT molecular complexity index is 572. The van der Waals surface area contributed by atoms with Crippen LogP contribution in [0.4, 0.5) is 0 Å². The number of carbonyl (C=O) groups excluding carboxylic acids is 2. The van der Waals surface area contributed by atoms with Gasteiger partial charge in [-0.3, -0.25) is 9.59 Å². The van der Waals surface area contributed by atoms with Crippen LogP contribution in [0, 0.1) is 0 Å². The molecule has 1 aromatic rings. The van der Waals surface area contributed by atoms with Crippen LogP contribution < -0.4 is 11.5 Å². The Morgan fingerprint density at radius 2 is 1.14 bits per heavy atom. The van der Waals surface area contributed by atoms with Gasteiger partial charge in [0.15, 0.2) is 0 Å². The number of amides is 2. The fourth-order valence-corrected chi connectivity index (χ4v) is 1.26. The standard InChI is InChI=1S/C8H6O4.2C4H9NO3/c9-7(10)5-2-1-3-6(4-5)8(11)12;2*5-4(7)3-8-2-1-6/h1-4H,(H,9,10)(H,11,12);2*6H,1-3H2,(H2,5,7). The highest BCUT2D eigenvalue weighted by atomic mass is 16.5. The summed E-state index contributed by atoms with van der Waals surface area (Å²) in [7, 11) is 0. The van der Waals surface area contributed by atoms with E-state index in [0.29, 0.717) is 0 Å². The van der Waals surface area contributed by atoms with Gasteiger partial charge >= 0.3 is 11.9 Å². The molecule has 12 nitrogen and oxygen atoms in total. The zero-order valence-electron chi connectivity index (χ0n) is 14.9. The number of carboxylic acids is 2. The van der Waals surface area contributed by atoms with Gasteiger partial charge in [-0.2, -0.15) is 0 Å². The molecule has 0 aliphatic heterocycles. The minimum atomic E-state index is -1.13. The Balaban J connectivity index is 0. The van der Waals surface area contributed by atoms with Crippen LogP contribution in [-0.4, -0.2) is 83.8 Å². The second-order valence-electron chi connectivity index (χ2n) is 4.68. The molecule has 2 amide bonds. The van der Waals surface area contributed by atoms with Crippen LogP contribution in [-0.2, 0) is 19.1 Å². The number of rotatable bonds is 10. The van der Waals surface area contributed by atoms with E-state index in [4.69, 9.17) is 20.4 Å². The van der Waals surface area contributed by atoms with Gasteiger partial charge in [-0.05, 0) is 18.2 Å². The summed E-state index contributed by atoms with van der Waals surface area (Å²) in [6, 6.07) is 5.20. The monoisotopic (exact) mass is 404 g/mol. The third-order valence-corrected chi connectivity index (χ3v) is 2.32. The van der Waals surface area contributed by atoms with E-state index in [1.54, 1.807) is 0 Å². The molecule has 12 heteroatoms. The lowest BCUT2D eigenvalue weighted by molar-refractivity contribution is -0.123. The van der Waals surface area contributed by atoms with Crippen molar-refractivity contribution in [3.63, 3.8) is 0 Å². The second-order valence-corrected chi connectivity index (χ2v) is 4.68. The average molecular weight is 404 g/mol. The van der Waals surface area contributed by atoms with E-state index in [-0.39, 0.29) is 50.8 Å². The van der Waals surface area contributed by atoms with E-state index >= 15 is 0 Å². The van der Waals surface area contributed by atoms with Crippen LogP contribution >= 0.6 is 0 Å². The summed E-state index contributed by atoms with van der Waals surface area (Å²) >= 11 is 0. The summed E-state index contributed by atoms with van der Waals surface area (Å²) in [5.41, 5.74) is 9.34. The number of benzene rings is 1. The number of carboxylic acid groups (broad SMARTS) is 2. The van der Waals surface area contributed by atoms with Crippen molar-refractivity contribution in [3.8, 4) is 0 Å². The smallest absolute Gasteiger partial charge is 0.335 e. The van der Waals surface area contributed by atoms with Crippen LogP contribution in [0.3, 0.4) is 0 Å². The molecule has 0 atom stereocenters. The Morgan fingerprint density at radius 1 is 0.786 bits per heavy atom. The van der Waals surface area contributed by atoms with E-state index in [9.17, 15) is 19.2 Å². The van der Waals surface area contributed by atoms with E-state index < -0.39 is 23.8 Å². The SMILES string of the molecule is NC(=O)COCCO.NC(=O)COCCO.O=C(O)c1cccc(C(=O)O)c1. The maximum atomic E-state index is 10.4. The van der Waals surface area contributed by atoms with Gasteiger partial charge in [0, 0.05) is 0 Å². The largest absolute Gasteiger partial charge is 0.478 e. The van der Waals surface area contributed by atoms with Crippen LogP contribution in [0.25, 0.3) is 0 Å². The van der Waals surface area contributed by atoms with Gasteiger partial charge < -0.3 is 41.4 Å². The second kappa shape index (κ2) is 17.4. The van der Waals surface area contributed by atoms with Gasteiger partial charge in [0.05, 0.1) is 37.6 Å². The van der Waals surface area contributed by atoms with Crippen LogP contribution in [0.15, 0.2) is 24.3 Å². The number of aliphatic hydroxyl groups excluding tert-OH is 2. The molecular weight excluding hydrogens is 380 g/mol. The Morgan fingerprint density at radius 3 is 1.39 bits per heavy atom. The molecule has 0 radical (unpaired) electrons. The van der Waals surface area contributed by atoms with Crippen molar-refractivity contribution in [1.82, 2.24) is 0 Å². The molecule has 0 heterocycles. The number of ether oxygens (including phenoxy) is 2. The molecule has 8 N–H and O–H groups in total. The summed E-state index contributed by atoms with van der Waals surface area (Å²) in [6.45, 7) is -0.0342. The fourth-order valence-electron chi connectivity index (χ4n) is 1.26. The maximum Gasteiger partial charge on any atom is 0.335 e. The Kier molecular flexibility index (Phi) is 16.8. The Hall–Kier alpha value is -3.06. The van der Waals surface area contributed by atoms with Crippen LogP contribution in [0.1, 0.15) is 20.7 Å². The van der Waals surface area contributed by atoms with Crippen molar-refractivity contribution in [3.05, 3.63) is 35.4 Å². The summed E-state index contributed by atoms with van der Waals surface area (Å²) < 4.78 is 9.04. The number of hydrogen-bond acceptors (Lipinski definition) is 8. The fraction of sp³-hybridized carbons (Fsp3) is 0.375. The van der Waals surface area contributed by atoms with E-state index in [0.717, 1.165) is 6.07 Å². The molecular formula is C16H24N2O10. The van der Waals surface area contributed by atoms with Crippen LogP contribution in [0.2, 0.25) is 0 Å². The van der Waals surface area contributed by atoms with Crippen molar-refractivity contribution >= 4 is 23.8 Å². The number of carbonyl (C=O) groups is 4. The van der Waals surface area contributed by atoms with Crippen molar-refractivity contribution in [1.29, 1.82) is 0 Å². The van der Waals surface area contributed by atoms with E-state index in [1.165, 1.54) is 18.2 Å². The minimum absolute atomic E-state index is 0.0186. The molecule has 1 aromatic carbocycles. The van der Waals surface area contributed by atoms with Gasteiger partial charge in [0.2, 0.25) is 11.8 Å². The molecule has 0 aliphatic rings. The van der Waals surface area contributed by atoms with Gasteiger partial charge in [-0.1, -0.05) is 6.07 Å². The third-order valence-electron chi connectivity index (χ3n) is 2.32. The molecule has 0 bridgehead atoms. The van der Waals surface area contributed by atoms with E-state index in [1.807, 2.05) is 0 Å². The number of aliphatic hydroxyl groups is 2. The molecule has 28 heavy (non-hydrogen) atoms. The van der Waals surface area contributed by atoms with Crippen LogP contribution in [0.5, 0.6) is 0 Å². The first-order valence-corrected chi connectivity index (χ1v) is 7.66. The molecule has 0 spiro atoms. The molecule has 0 saturated heterocycles. The third kappa shape index (κ3) is 17.8. The van der Waals surface area contributed by atoms with E-state index in [2.05, 4.69) is 20.9 Å². The predicted octanol–water partition coefficient (Wildman–Crippen LogP) is -1.96. The van der Waals surface area contributed by atoms with Gasteiger partial charge in [0.25, 0.3) is 0 Å². The Labute approximate surface area is 160 Å². The molecule has 0 aliphatic carbocycles. The number of aromatic carboxylic acids is 2. The molecule has 0 saturated carbocycles. The average Bonchev–Trinajstić information content (AvgIpc) is 2.63. The van der Waals surface area contributed by atoms with Crippen molar-refractivity contribution in [2.45, 2.75) is 0 Å². The lowest BCUT2D eigenvalue weighted by Gasteiger charge is -1.95. The summed E-state index contributed by atoms with van der Waals surface area (Å²) in [6.07, 6.45) is 0. The number of nitrogens with two attached hydrogens (primary N) is 2. The topological polar surface area (TPSA) is 220 Å². The summed E-state index contributed by atoms with van der Waals surface area (Å²) in [5.74, 6) is -3.28. The maximum absolute atomic E-state index is 10.4. The number of primary amides is 2. The first kappa shape index (κ1) is 27.2. The van der Waals surface area contributed by atoms with Crippen molar-refractivity contribution < 1.29 is 49.1 Å². The van der Waals surface area contributed by atoms with Gasteiger partial charge in [-0.15, -0.1) is 0 Å². The lowest BCUT2D eigenvalue weighted by Crippen LogP contribution is -2.19. The highest BCUT2D eigenvalue weighted by Crippen LogP contribution is 2.04. The first-order valence-electron chi connectivity index (χ1n) is 7.66. The molecule has 0 unspecified atom stereocenters. The predicted molar refractivity (Wildman–Crippen MR) is 94.6 cm³/mol. The quantitative estimate of drug-likeness (QED) is 0.236. The minimum Gasteiger partial charge on any atom is -0.478 e. The van der Waals surface area contributed by atoms with Crippen molar-refractivity contribution in [2.24, 2.45) is 11.5 Å². The lowest BCUT2D eigenvalue weighted by atomic mass is 10.1. The highest BCUT2D eigenvalue weighted by molar-refractivity contribution is 5.93. The molecule has 0 fully saturated rings. The zero-order valence-corrected chi connectivity index (χ0v) is 14.9. The zero-order chi connectivity index (χ0) is 21.9. The molecule has 0 aromatic heterocycles. The number of hydrogen-bond donors (Lipinski definition) is 6. The summed E-state index contributed by atoms with van der Waals surface area (Å²) in [4.78, 5) is 40.5. The summed E-state index contributed by atoms with van der Waals surface area (Å²) in [5, 5.41) is 33.2. The first-order chi connectivity index (χ1) is 13.1. The normalized spacial score (nSPS) is 9.21. The van der Waals surface area contributed by atoms with Gasteiger partial charge in [0.1, 0.15) is 13.2 Å². The highest BCUT2D eigenvalue weighted by Gasteiger charge is 2.06. The van der Waals surface area contributed by atoms with Gasteiger partial charge in [-0.25, -0.2) is 9.59 Å². The van der Waals surface area contributed by atoms with Crippen molar-refractivity contribution in [2.75, 3.05) is 39.6 Å². The molecule has 1 rings (SSSR count).